The summed E-state index contributed by atoms with van der Waals surface area (Å²) in [5, 5.41) is 2.66. The number of amides is 5. The van der Waals surface area contributed by atoms with Gasteiger partial charge in [-0.2, -0.15) is 0 Å². The van der Waals surface area contributed by atoms with Crippen LogP contribution in [-0.4, -0.2) is 105 Å². The molecule has 3 fully saturated rings. The number of rotatable bonds is 0. The number of nitrogens with zero attached hydrogens (tertiary/aromatic N) is 4. The van der Waals surface area contributed by atoms with Crippen molar-refractivity contribution in [1.29, 1.82) is 0 Å². The SMILES string of the molecule is CN1CCN(C)C1=O.CN1CCNC1=O.CN1CCOC1=O. The monoisotopic (exact) mass is 315 g/mol. The summed E-state index contributed by atoms with van der Waals surface area (Å²) < 4.78 is 4.55. The highest BCUT2D eigenvalue weighted by Gasteiger charge is 2.20. The zero-order chi connectivity index (χ0) is 16.7. The van der Waals surface area contributed by atoms with Gasteiger partial charge in [0, 0.05) is 54.4 Å². The topological polar surface area (TPSA) is 85.4 Å². The Morgan fingerprint density at radius 1 is 0.818 bits per heavy atom. The molecule has 3 heterocycles. The highest BCUT2D eigenvalue weighted by atomic mass is 16.6. The first-order valence-electron chi connectivity index (χ1n) is 7.16. The van der Waals surface area contributed by atoms with Crippen molar-refractivity contribution in [3.63, 3.8) is 0 Å². The standard InChI is InChI=1S/C5H10N2O.C4H8N2O.C4H7NO2/c1-6-3-4-7(2)5(6)8;1-6-3-2-5-4(6)7;1-5-2-3-7-4(5)6/h3-4H2,1-2H3;2-3H2,1H3,(H,5,7);2-3H2,1H3. The molecule has 3 aliphatic rings. The van der Waals surface area contributed by atoms with Gasteiger partial charge in [0.25, 0.3) is 0 Å². The summed E-state index contributed by atoms with van der Waals surface area (Å²) in [6, 6.07) is 0.171. The van der Waals surface area contributed by atoms with Crippen molar-refractivity contribution in [2.75, 3.05) is 67.5 Å². The van der Waals surface area contributed by atoms with Gasteiger partial charge in [0.05, 0.1) is 6.54 Å². The lowest BCUT2D eigenvalue weighted by Gasteiger charge is -2.07. The zero-order valence-electron chi connectivity index (χ0n) is 13.7. The van der Waals surface area contributed by atoms with Gasteiger partial charge in [0.2, 0.25) is 0 Å². The number of nitrogens with one attached hydrogen (secondary N) is 1. The van der Waals surface area contributed by atoms with E-state index in [2.05, 4.69) is 10.1 Å². The molecule has 0 aromatic rings. The Morgan fingerprint density at radius 3 is 1.55 bits per heavy atom. The molecule has 0 aromatic heterocycles. The first kappa shape index (κ1) is 17.9. The summed E-state index contributed by atoms with van der Waals surface area (Å²) in [5.74, 6) is 0. The Hall–Kier alpha value is -2.19. The van der Waals surface area contributed by atoms with Crippen LogP contribution in [0.4, 0.5) is 14.4 Å². The predicted octanol–water partition coefficient (Wildman–Crippen LogP) is -0.307. The Morgan fingerprint density at radius 2 is 1.41 bits per heavy atom. The lowest BCUT2D eigenvalue weighted by molar-refractivity contribution is 0.163. The highest BCUT2D eigenvalue weighted by molar-refractivity contribution is 5.76. The zero-order valence-corrected chi connectivity index (χ0v) is 13.7. The van der Waals surface area contributed by atoms with E-state index in [1.165, 1.54) is 0 Å². The Kier molecular flexibility index (Phi) is 6.74. The van der Waals surface area contributed by atoms with E-state index >= 15 is 0 Å². The first-order valence-corrected chi connectivity index (χ1v) is 7.16. The normalized spacial score (nSPS) is 20.3. The van der Waals surface area contributed by atoms with Crippen LogP contribution >= 0.6 is 0 Å². The van der Waals surface area contributed by atoms with E-state index in [0.717, 1.165) is 32.7 Å². The summed E-state index contributed by atoms with van der Waals surface area (Å²) in [4.78, 5) is 38.0. The summed E-state index contributed by atoms with van der Waals surface area (Å²) in [6.45, 7) is 4.67. The maximum Gasteiger partial charge on any atom is 0.409 e. The first-order chi connectivity index (χ1) is 10.3. The number of hydrogen-bond acceptors (Lipinski definition) is 4. The van der Waals surface area contributed by atoms with Crippen LogP contribution in [0.2, 0.25) is 0 Å². The van der Waals surface area contributed by atoms with Crippen LogP contribution < -0.4 is 5.32 Å². The maximum atomic E-state index is 10.8. The molecule has 0 atom stereocenters. The van der Waals surface area contributed by atoms with Crippen LogP contribution in [0.1, 0.15) is 0 Å². The minimum absolute atomic E-state index is 0.0417. The summed E-state index contributed by atoms with van der Waals surface area (Å²) in [7, 11) is 7.12. The van der Waals surface area contributed by atoms with Crippen molar-refractivity contribution < 1.29 is 19.1 Å². The second kappa shape index (κ2) is 8.30. The Balaban J connectivity index is 0.000000166. The van der Waals surface area contributed by atoms with Gasteiger partial charge in [-0.25, -0.2) is 14.4 Å². The quantitative estimate of drug-likeness (QED) is 0.665. The third-order valence-corrected chi connectivity index (χ3v) is 3.46. The largest absolute Gasteiger partial charge is 0.448 e. The van der Waals surface area contributed by atoms with E-state index < -0.39 is 0 Å². The molecule has 3 saturated heterocycles. The van der Waals surface area contributed by atoms with Gasteiger partial charge >= 0.3 is 18.2 Å². The average Bonchev–Trinajstić information content (AvgIpc) is 3.13. The van der Waals surface area contributed by atoms with E-state index in [1.807, 2.05) is 14.1 Å². The van der Waals surface area contributed by atoms with Crippen molar-refractivity contribution in [1.82, 2.24) is 24.9 Å². The number of carbonyl (C=O) groups is 3. The molecule has 0 unspecified atom stereocenters. The van der Waals surface area contributed by atoms with Gasteiger partial charge in [0.15, 0.2) is 0 Å². The molecule has 0 bridgehead atoms. The van der Waals surface area contributed by atoms with Gasteiger partial charge in [-0.1, -0.05) is 0 Å². The summed E-state index contributed by atoms with van der Waals surface area (Å²) in [6.07, 6.45) is -0.208. The van der Waals surface area contributed by atoms with Crippen LogP contribution in [0.15, 0.2) is 0 Å². The lowest BCUT2D eigenvalue weighted by atomic mass is 10.6. The third-order valence-electron chi connectivity index (χ3n) is 3.46. The molecule has 9 heteroatoms. The van der Waals surface area contributed by atoms with Crippen LogP contribution in [0.3, 0.4) is 0 Å². The minimum atomic E-state index is -0.208. The molecule has 0 spiro atoms. The Labute approximate surface area is 130 Å². The van der Waals surface area contributed by atoms with Crippen molar-refractivity contribution >= 4 is 18.2 Å². The molecule has 0 radical (unpaired) electrons. The van der Waals surface area contributed by atoms with E-state index in [0.29, 0.717) is 6.61 Å². The number of hydrogen-bond donors (Lipinski definition) is 1. The lowest BCUT2D eigenvalue weighted by Crippen LogP contribution is -2.25. The average molecular weight is 315 g/mol. The van der Waals surface area contributed by atoms with Crippen molar-refractivity contribution in [3.8, 4) is 0 Å². The van der Waals surface area contributed by atoms with E-state index in [1.54, 1.807) is 33.7 Å². The predicted molar refractivity (Wildman–Crippen MR) is 80.7 cm³/mol. The van der Waals surface area contributed by atoms with Crippen LogP contribution in [0, 0.1) is 0 Å². The minimum Gasteiger partial charge on any atom is -0.448 e. The van der Waals surface area contributed by atoms with E-state index in [4.69, 9.17) is 0 Å². The molecule has 3 aliphatic heterocycles. The molecule has 0 aromatic carbocycles. The summed E-state index contributed by atoms with van der Waals surface area (Å²) in [5.41, 5.74) is 0. The van der Waals surface area contributed by atoms with E-state index in [-0.39, 0.29) is 18.2 Å². The van der Waals surface area contributed by atoms with Gasteiger partial charge in [-0.15, -0.1) is 0 Å². The van der Waals surface area contributed by atoms with E-state index in [9.17, 15) is 14.4 Å². The van der Waals surface area contributed by atoms with Gasteiger partial charge < -0.3 is 29.7 Å². The third kappa shape index (κ3) is 5.30. The number of likely N-dealkylation sites (N-methyl/N-ethyl adjacent to an activating group) is 4. The molecule has 0 aliphatic carbocycles. The van der Waals surface area contributed by atoms with Crippen LogP contribution in [0.5, 0.6) is 0 Å². The molecule has 1 N–H and O–H groups in total. The van der Waals surface area contributed by atoms with Gasteiger partial charge in [-0.05, 0) is 0 Å². The molecular weight excluding hydrogens is 290 g/mol. The number of ether oxygens (including phenoxy) is 1. The fraction of sp³-hybridized carbons (Fsp3) is 0.769. The van der Waals surface area contributed by atoms with Gasteiger partial charge in [0.1, 0.15) is 6.61 Å². The molecule has 9 nitrogen and oxygen atoms in total. The maximum absolute atomic E-state index is 10.8. The van der Waals surface area contributed by atoms with Crippen molar-refractivity contribution in [3.05, 3.63) is 0 Å². The number of carbonyl (C=O) groups excluding carboxylic acids is 3. The smallest absolute Gasteiger partial charge is 0.409 e. The van der Waals surface area contributed by atoms with Crippen molar-refractivity contribution in [2.45, 2.75) is 0 Å². The molecular formula is C13H25N5O4. The molecule has 3 rings (SSSR count). The molecule has 126 valence electrons. The number of urea groups is 2. The van der Waals surface area contributed by atoms with Gasteiger partial charge in [-0.3, -0.25) is 0 Å². The fourth-order valence-electron chi connectivity index (χ4n) is 1.82. The second-order valence-electron chi connectivity index (χ2n) is 5.32. The molecule has 0 saturated carbocycles. The Bertz CT molecular complexity index is 381. The van der Waals surface area contributed by atoms with Crippen molar-refractivity contribution in [2.24, 2.45) is 0 Å². The number of cyclic esters (lactones) is 1. The summed E-state index contributed by atoms with van der Waals surface area (Å²) >= 11 is 0. The van der Waals surface area contributed by atoms with Crippen LogP contribution in [-0.2, 0) is 4.74 Å². The molecule has 5 amide bonds. The van der Waals surface area contributed by atoms with Crippen LogP contribution in [0.25, 0.3) is 0 Å². The highest BCUT2D eigenvalue weighted by Crippen LogP contribution is 2.00. The fourth-order valence-corrected chi connectivity index (χ4v) is 1.82. The molecule has 22 heavy (non-hydrogen) atoms. The second-order valence-corrected chi connectivity index (χ2v) is 5.32.